The standard InChI is InChI=1S/C24H26F3N3O5/c25-24(26,27)11-8-19(32)29-12-9-14(10-13-29)4-5-15-2-1-3-16-20(15)23(35)30(22(16)34)17-6-7-18(31)28-21(17)33/h1-3,14,17H,4-13H2,(H,28,31,33). The predicted molar refractivity (Wildman–Crippen MR) is 116 cm³/mol. The van der Waals surface area contributed by atoms with E-state index in [0.717, 1.165) is 4.90 Å². The molecule has 1 N–H and O–H groups in total. The van der Waals surface area contributed by atoms with E-state index < -0.39 is 54.6 Å². The van der Waals surface area contributed by atoms with E-state index in [1.54, 1.807) is 18.2 Å². The van der Waals surface area contributed by atoms with Crippen LogP contribution in [0.1, 0.15) is 71.2 Å². The number of carbonyl (C=O) groups is 5. The molecule has 35 heavy (non-hydrogen) atoms. The highest BCUT2D eigenvalue weighted by molar-refractivity contribution is 6.24. The molecule has 0 spiro atoms. The van der Waals surface area contributed by atoms with Gasteiger partial charge in [0.05, 0.1) is 17.5 Å². The molecule has 2 saturated heterocycles. The lowest BCUT2D eigenvalue weighted by atomic mass is 9.88. The van der Waals surface area contributed by atoms with Crippen LogP contribution in [-0.4, -0.2) is 64.6 Å². The number of nitrogens with zero attached hydrogens (tertiary/aromatic N) is 2. The van der Waals surface area contributed by atoms with Crippen LogP contribution in [0.5, 0.6) is 0 Å². The number of nitrogens with one attached hydrogen (secondary N) is 1. The Kier molecular flexibility index (Phi) is 6.95. The van der Waals surface area contributed by atoms with Crippen LogP contribution in [0.4, 0.5) is 13.2 Å². The van der Waals surface area contributed by atoms with Crippen molar-refractivity contribution in [1.29, 1.82) is 0 Å². The van der Waals surface area contributed by atoms with Gasteiger partial charge in [0.2, 0.25) is 17.7 Å². The number of aryl methyl sites for hydroxylation is 1. The number of hydrogen-bond donors (Lipinski definition) is 1. The van der Waals surface area contributed by atoms with Gasteiger partial charge in [-0.25, -0.2) is 0 Å². The summed E-state index contributed by atoms with van der Waals surface area (Å²) in [5, 5.41) is 2.18. The molecule has 3 aliphatic heterocycles. The first-order chi connectivity index (χ1) is 16.5. The molecule has 0 aromatic heterocycles. The van der Waals surface area contributed by atoms with Crippen molar-refractivity contribution in [3.63, 3.8) is 0 Å². The number of rotatable bonds is 6. The van der Waals surface area contributed by atoms with Crippen molar-refractivity contribution >= 4 is 29.5 Å². The largest absolute Gasteiger partial charge is 0.389 e. The summed E-state index contributed by atoms with van der Waals surface area (Å²) in [6, 6.07) is 3.99. The summed E-state index contributed by atoms with van der Waals surface area (Å²) in [4.78, 5) is 64.3. The summed E-state index contributed by atoms with van der Waals surface area (Å²) in [6.45, 7) is 0.796. The predicted octanol–water partition coefficient (Wildman–Crippen LogP) is 2.60. The third-order valence-electron chi connectivity index (χ3n) is 6.97. The number of hydrogen-bond acceptors (Lipinski definition) is 5. The molecule has 0 saturated carbocycles. The van der Waals surface area contributed by atoms with E-state index >= 15 is 0 Å². The van der Waals surface area contributed by atoms with E-state index in [9.17, 15) is 37.1 Å². The van der Waals surface area contributed by atoms with E-state index in [0.29, 0.717) is 44.3 Å². The second-order valence-corrected chi connectivity index (χ2v) is 9.26. The maximum atomic E-state index is 13.2. The summed E-state index contributed by atoms with van der Waals surface area (Å²) >= 11 is 0. The van der Waals surface area contributed by atoms with Crippen molar-refractivity contribution in [2.45, 2.75) is 63.6 Å². The fourth-order valence-corrected chi connectivity index (χ4v) is 5.03. The number of amides is 5. The van der Waals surface area contributed by atoms with Crippen LogP contribution in [-0.2, 0) is 20.8 Å². The maximum Gasteiger partial charge on any atom is 0.389 e. The lowest BCUT2D eigenvalue weighted by Crippen LogP contribution is -2.54. The Hall–Kier alpha value is -3.24. The highest BCUT2D eigenvalue weighted by atomic mass is 19.4. The number of alkyl halides is 3. The Bertz CT molecular complexity index is 1060. The first-order valence-electron chi connectivity index (χ1n) is 11.7. The number of halogens is 3. The van der Waals surface area contributed by atoms with Gasteiger partial charge in [-0.05, 0) is 49.7 Å². The number of imide groups is 2. The third-order valence-corrected chi connectivity index (χ3v) is 6.97. The normalized spacial score (nSPS) is 21.4. The Labute approximate surface area is 199 Å². The summed E-state index contributed by atoms with van der Waals surface area (Å²) in [5.41, 5.74) is 1.21. The topological polar surface area (TPSA) is 104 Å². The Morgan fingerprint density at radius 3 is 2.40 bits per heavy atom. The first-order valence-corrected chi connectivity index (χ1v) is 11.7. The summed E-state index contributed by atoms with van der Waals surface area (Å²) in [7, 11) is 0. The Balaban J connectivity index is 1.36. The molecular formula is C24H26F3N3O5. The molecule has 0 bridgehead atoms. The second-order valence-electron chi connectivity index (χ2n) is 9.26. The highest BCUT2D eigenvalue weighted by Crippen LogP contribution is 2.32. The van der Waals surface area contributed by atoms with Crippen LogP contribution >= 0.6 is 0 Å². The number of piperidine rings is 2. The van der Waals surface area contributed by atoms with Crippen molar-refractivity contribution < 1.29 is 37.1 Å². The van der Waals surface area contributed by atoms with E-state index in [2.05, 4.69) is 5.32 Å². The molecule has 8 nitrogen and oxygen atoms in total. The number of benzene rings is 1. The smallest absolute Gasteiger partial charge is 0.343 e. The molecule has 1 atom stereocenters. The average molecular weight is 493 g/mol. The van der Waals surface area contributed by atoms with E-state index in [4.69, 9.17) is 0 Å². The lowest BCUT2D eigenvalue weighted by molar-refractivity contribution is -0.149. The molecule has 4 rings (SSSR count). The van der Waals surface area contributed by atoms with E-state index in [1.165, 1.54) is 4.90 Å². The summed E-state index contributed by atoms with van der Waals surface area (Å²) in [6.07, 6.45) is -3.35. The molecule has 2 fully saturated rings. The van der Waals surface area contributed by atoms with Crippen molar-refractivity contribution in [1.82, 2.24) is 15.1 Å². The zero-order valence-corrected chi connectivity index (χ0v) is 19.0. The molecule has 1 aromatic carbocycles. The van der Waals surface area contributed by atoms with Gasteiger partial charge < -0.3 is 4.90 Å². The van der Waals surface area contributed by atoms with Crippen LogP contribution in [0, 0.1) is 5.92 Å². The molecule has 3 aliphatic rings. The Morgan fingerprint density at radius 1 is 1.03 bits per heavy atom. The van der Waals surface area contributed by atoms with Gasteiger partial charge in [-0.3, -0.25) is 34.2 Å². The maximum absolute atomic E-state index is 13.2. The molecule has 0 radical (unpaired) electrons. The van der Waals surface area contributed by atoms with Crippen LogP contribution < -0.4 is 5.32 Å². The average Bonchev–Trinajstić information content (AvgIpc) is 3.06. The number of likely N-dealkylation sites (tertiary alicyclic amines) is 1. The molecule has 1 unspecified atom stereocenters. The van der Waals surface area contributed by atoms with Crippen molar-refractivity contribution in [3.05, 3.63) is 34.9 Å². The van der Waals surface area contributed by atoms with Gasteiger partial charge in [0.25, 0.3) is 11.8 Å². The van der Waals surface area contributed by atoms with Crippen molar-refractivity contribution in [2.75, 3.05) is 13.1 Å². The third kappa shape index (κ3) is 5.38. The van der Waals surface area contributed by atoms with Crippen LogP contribution in [0.15, 0.2) is 18.2 Å². The summed E-state index contributed by atoms with van der Waals surface area (Å²) in [5.74, 6) is -2.44. The number of fused-ring (bicyclic) bond motifs is 1. The Morgan fingerprint density at radius 2 is 1.74 bits per heavy atom. The molecule has 188 valence electrons. The van der Waals surface area contributed by atoms with Crippen LogP contribution in [0.25, 0.3) is 0 Å². The van der Waals surface area contributed by atoms with E-state index in [-0.39, 0.29) is 29.9 Å². The zero-order valence-electron chi connectivity index (χ0n) is 19.0. The minimum Gasteiger partial charge on any atom is -0.343 e. The molecular weight excluding hydrogens is 467 g/mol. The second kappa shape index (κ2) is 9.79. The molecule has 3 heterocycles. The minimum atomic E-state index is -4.35. The quantitative estimate of drug-likeness (QED) is 0.614. The highest BCUT2D eigenvalue weighted by Gasteiger charge is 2.45. The first kappa shape index (κ1) is 24.9. The van der Waals surface area contributed by atoms with Crippen molar-refractivity contribution in [3.8, 4) is 0 Å². The fraction of sp³-hybridized carbons (Fsp3) is 0.542. The van der Waals surface area contributed by atoms with Crippen LogP contribution in [0.3, 0.4) is 0 Å². The monoisotopic (exact) mass is 493 g/mol. The van der Waals surface area contributed by atoms with E-state index in [1.807, 2.05) is 0 Å². The van der Waals surface area contributed by atoms with Gasteiger partial charge in [-0.2, -0.15) is 13.2 Å². The summed E-state index contributed by atoms with van der Waals surface area (Å²) < 4.78 is 37.1. The number of carbonyl (C=O) groups excluding carboxylic acids is 5. The zero-order chi connectivity index (χ0) is 25.3. The van der Waals surface area contributed by atoms with Gasteiger partial charge in [0, 0.05) is 25.9 Å². The lowest BCUT2D eigenvalue weighted by Gasteiger charge is -2.32. The van der Waals surface area contributed by atoms with Gasteiger partial charge in [-0.1, -0.05) is 12.1 Å². The van der Waals surface area contributed by atoms with Gasteiger partial charge in [0.15, 0.2) is 0 Å². The molecule has 11 heteroatoms. The molecule has 1 aromatic rings. The SMILES string of the molecule is O=C1CCC(N2C(=O)c3cccc(CCC4CCN(C(=O)CCC(F)(F)F)CC4)c3C2=O)C(=O)N1. The molecule has 0 aliphatic carbocycles. The van der Waals surface area contributed by atoms with Gasteiger partial charge >= 0.3 is 6.18 Å². The van der Waals surface area contributed by atoms with Gasteiger partial charge in [0.1, 0.15) is 6.04 Å². The van der Waals surface area contributed by atoms with Crippen LogP contribution in [0.2, 0.25) is 0 Å². The fourth-order valence-electron chi connectivity index (χ4n) is 5.03. The van der Waals surface area contributed by atoms with Crippen molar-refractivity contribution in [2.24, 2.45) is 5.92 Å². The molecule has 5 amide bonds. The van der Waals surface area contributed by atoms with Gasteiger partial charge in [-0.15, -0.1) is 0 Å². The minimum absolute atomic E-state index is 0.0497.